The summed E-state index contributed by atoms with van der Waals surface area (Å²) < 4.78 is 5.65. The third-order valence-electron chi connectivity index (χ3n) is 4.49. The fourth-order valence-electron chi connectivity index (χ4n) is 2.70. The van der Waals surface area contributed by atoms with E-state index in [4.69, 9.17) is 4.74 Å². The Morgan fingerprint density at radius 2 is 1.58 bits per heavy atom. The molecule has 0 bridgehead atoms. The Balaban J connectivity index is 1.65. The van der Waals surface area contributed by atoms with Crippen molar-refractivity contribution >= 4 is 5.91 Å². The van der Waals surface area contributed by atoms with Crippen LogP contribution in [0, 0.1) is 0 Å². The molecule has 0 aromatic heterocycles. The SMILES string of the molecule is CCc1ccc(OCCNC(=O)CCc2ccc(C(C)(C)C)cc2)cc1. The Labute approximate surface area is 157 Å². The van der Waals surface area contributed by atoms with Gasteiger partial charge in [0, 0.05) is 6.42 Å². The molecule has 2 aromatic carbocycles. The summed E-state index contributed by atoms with van der Waals surface area (Å²) in [5.41, 5.74) is 3.96. The van der Waals surface area contributed by atoms with Gasteiger partial charge < -0.3 is 10.1 Å². The Morgan fingerprint density at radius 1 is 0.962 bits per heavy atom. The van der Waals surface area contributed by atoms with Gasteiger partial charge in [-0.05, 0) is 47.1 Å². The third-order valence-corrected chi connectivity index (χ3v) is 4.49. The van der Waals surface area contributed by atoms with Gasteiger partial charge in [-0.3, -0.25) is 4.79 Å². The number of amides is 1. The summed E-state index contributed by atoms with van der Waals surface area (Å²) in [7, 11) is 0. The van der Waals surface area contributed by atoms with Crippen LogP contribution in [0.5, 0.6) is 5.75 Å². The van der Waals surface area contributed by atoms with Gasteiger partial charge >= 0.3 is 0 Å². The van der Waals surface area contributed by atoms with E-state index in [1.54, 1.807) is 0 Å². The van der Waals surface area contributed by atoms with Crippen molar-refractivity contribution < 1.29 is 9.53 Å². The molecule has 0 heterocycles. The number of carbonyl (C=O) groups excluding carboxylic acids is 1. The second-order valence-corrected chi connectivity index (χ2v) is 7.64. The highest BCUT2D eigenvalue weighted by Gasteiger charge is 2.12. The summed E-state index contributed by atoms with van der Waals surface area (Å²) in [6.07, 6.45) is 2.28. The summed E-state index contributed by atoms with van der Waals surface area (Å²) in [4.78, 5) is 12.0. The van der Waals surface area contributed by atoms with Crippen molar-refractivity contribution in [2.45, 2.75) is 52.4 Å². The van der Waals surface area contributed by atoms with E-state index < -0.39 is 0 Å². The maximum Gasteiger partial charge on any atom is 0.220 e. The highest BCUT2D eigenvalue weighted by molar-refractivity contribution is 5.76. The fraction of sp³-hybridized carbons (Fsp3) is 0.435. The molecule has 2 rings (SSSR count). The van der Waals surface area contributed by atoms with Crippen LogP contribution in [-0.4, -0.2) is 19.1 Å². The average molecular weight is 354 g/mol. The summed E-state index contributed by atoms with van der Waals surface area (Å²) >= 11 is 0. The first kappa shape index (κ1) is 20.0. The smallest absolute Gasteiger partial charge is 0.220 e. The van der Waals surface area contributed by atoms with Gasteiger partial charge in [-0.2, -0.15) is 0 Å². The van der Waals surface area contributed by atoms with Gasteiger partial charge in [0.1, 0.15) is 12.4 Å². The van der Waals surface area contributed by atoms with Crippen molar-refractivity contribution in [1.29, 1.82) is 0 Å². The third kappa shape index (κ3) is 6.55. The summed E-state index contributed by atoms with van der Waals surface area (Å²) in [6.45, 7) is 9.75. The number of aryl methyl sites for hydroxylation is 2. The monoisotopic (exact) mass is 353 g/mol. The van der Waals surface area contributed by atoms with Crippen LogP contribution in [0.3, 0.4) is 0 Å². The van der Waals surface area contributed by atoms with Gasteiger partial charge in [0.05, 0.1) is 6.54 Å². The molecule has 0 aliphatic carbocycles. The molecule has 0 spiro atoms. The van der Waals surface area contributed by atoms with Crippen LogP contribution >= 0.6 is 0 Å². The van der Waals surface area contributed by atoms with E-state index in [1.165, 1.54) is 16.7 Å². The van der Waals surface area contributed by atoms with Crippen LogP contribution in [-0.2, 0) is 23.1 Å². The largest absolute Gasteiger partial charge is 0.492 e. The predicted molar refractivity (Wildman–Crippen MR) is 108 cm³/mol. The number of hydrogen-bond acceptors (Lipinski definition) is 2. The van der Waals surface area contributed by atoms with Crippen LogP contribution in [0.4, 0.5) is 0 Å². The number of hydrogen-bond donors (Lipinski definition) is 1. The minimum absolute atomic E-state index is 0.0647. The van der Waals surface area contributed by atoms with Gasteiger partial charge in [-0.1, -0.05) is 64.1 Å². The molecule has 140 valence electrons. The van der Waals surface area contributed by atoms with Crippen molar-refractivity contribution in [3.8, 4) is 5.75 Å². The second kappa shape index (κ2) is 9.42. The first-order valence-corrected chi connectivity index (χ1v) is 9.46. The van der Waals surface area contributed by atoms with Crippen molar-refractivity contribution in [2.24, 2.45) is 0 Å². The zero-order valence-electron chi connectivity index (χ0n) is 16.5. The van der Waals surface area contributed by atoms with Crippen LogP contribution < -0.4 is 10.1 Å². The van der Waals surface area contributed by atoms with Crippen LogP contribution in [0.25, 0.3) is 0 Å². The summed E-state index contributed by atoms with van der Waals surface area (Å²) in [5.74, 6) is 0.908. The quantitative estimate of drug-likeness (QED) is 0.700. The lowest BCUT2D eigenvalue weighted by Gasteiger charge is -2.19. The highest BCUT2D eigenvalue weighted by atomic mass is 16.5. The molecular formula is C23H31NO2. The van der Waals surface area contributed by atoms with E-state index in [2.05, 4.69) is 69.4 Å². The average Bonchev–Trinajstić information content (AvgIpc) is 2.63. The van der Waals surface area contributed by atoms with Crippen LogP contribution in [0.15, 0.2) is 48.5 Å². The maximum atomic E-state index is 12.0. The number of rotatable bonds is 8. The first-order chi connectivity index (χ1) is 12.4. The molecule has 2 aromatic rings. The van der Waals surface area contributed by atoms with Crippen LogP contribution in [0.2, 0.25) is 0 Å². The number of benzene rings is 2. The molecule has 0 aliphatic heterocycles. The summed E-state index contributed by atoms with van der Waals surface area (Å²) in [6, 6.07) is 16.6. The number of carbonyl (C=O) groups is 1. The molecule has 3 nitrogen and oxygen atoms in total. The van der Waals surface area contributed by atoms with E-state index in [1.807, 2.05) is 12.1 Å². The molecular weight excluding hydrogens is 322 g/mol. The Morgan fingerprint density at radius 3 is 2.15 bits per heavy atom. The highest BCUT2D eigenvalue weighted by Crippen LogP contribution is 2.22. The van der Waals surface area contributed by atoms with Gasteiger partial charge in [0.2, 0.25) is 5.91 Å². The zero-order valence-corrected chi connectivity index (χ0v) is 16.5. The van der Waals surface area contributed by atoms with E-state index in [0.717, 1.165) is 18.6 Å². The second-order valence-electron chi connectivity index (χ2n) is 7.64. The molecule has 1 amide bonds. The van der Waals surface area contributed by atoms with Gasteiger partial charge in [-0.25, -0.2) is 0 Å². The first-order valence-electron chi connectivity index (χ1n) is 9.46. The molecule has 0 aliphatic rings. The Bertz CT molecular complexity index is 682. The lowest BCUT2D eigenvalue weighted by atomic mass is 9.86. The zero-order chi connectivity index (χ0) is 19.0. The van der Waals surface area contributed by atoms with Crippen LogP contribution in [0.1, 0.15) is 50.8 Å². The Kier molecular flexibility index (Phi) is 7.26. The normalized spacial score (nSPS) is 11.2. The fourth-order valence-corrected chi connectivity index (χ4v) is 2.70. The minimum Gasteiger partial charge on any atom is -0.492 e. The van der Waals surface area contributed by atoms with E-state index in [-0.39, 0.29) is 11.3 Å². The van der Waals surface area contributed by atoms with E-state index >= 15 is 0 Å². The van der Waals surface area contributed by atoms with Crippen molar-refractivity contribution in [3.63, 3.8) is 0 Å². The molecule has 0 fully saturated rings. The molecule has 0 unspecified atom stereocenters. The molecule has 0 atom stereocenters. The molecule has 0 saturated carbocycles. The van der Waals surface area contributed by atoms with Crippen molar-refractivity contribution in [3.05, 3.63) is 65.2 Å². The molecule has 3 heteroatoms. The molecule has 0 radical (unpaired) electrons. The topological polar surface area (TPSA) is 38.3 Å². The van der Waals surface area contributed by atoms with E-state index in [0.29, 0.717) is 19.6 Å². The van der Waals surface area contributed by atoms with Gasteiger partial charge in [0.25, 0.3) is 0 Å². The van der Waals surface area contributed by atoms with Crippen molar-refractivity contribution in [1.82, 2.24) is 5.32 Å². The number of ether oxygens (including phenoxy) is 1. The lowest BCUT2D eigenvalue weighted by Crippen LogP contribution is -2.28. The van der Waals surface area contributed by atoms with Gasteiger partial charge in [0.15, 0.2) is 0 Å². The molecule has 1 N–H and O–H groups in total. The molecule has 26 heavy (non-hydrogen) atoms. The lowest BCUT2D eigenvalue weighted by molar-refractivity contribution is -0.121. The van der Waals surface area contributed by atoms with E-state index in [9.17, 15) is 4.79 Å². The standard InChI is InChI=1S/C23H31NO2/c1-5-18-8-13-21(14-9-18)26-17-16-24-22(25)15-10-19-6-11-20(12-7-19)23(2,3)4/h6-9,11-14H,5,10,15-17H2,1-4H3,(H,24,25). The maximum absolute atomic E-state index is 12.0. The predicted octanol–water partition coefficient (Wildman–Crippen LogP) is 4.67. The van der Waals surface area contributed by atoms with Crippen molar-refractivity contribution in [2.75, 3.05) is 13.2 Å². The Hall–Kier alpha value is -2.29. The summed E-state index contributed by atoms with van der Waals surface area (Å²) in [5, 5.41) is 2.92. The van der Waals surface area contributed by atoms with Gasteiger partial charge in [-0.15, -0.1) is 0 Å². The number of nitrogens with one attached hydrogen (secondary N) is 1. The molecule has 0 saturated heterocycles. The minimum atomic E-state index is 0.0647.